The van der Waals surface area contributed by atoms with Crippen LogP contribution in [-0.2, 0) is 14.3 Å². The van der Waals surface area contributed by atoms with Crippen molar-refractivity contribution in [2.45, 2.75) is 6.18 Å². The summed E-state index contributed by atoms with van der Waals surface area (Å²) < 4.78 is 40.4. The van der Waals surface area contributed by atoms with Crippen molar-refractivity contribution in [3.8, 4) is 6.07 Å². The Morgan fingerprint density at radius 1 is 1.28 bits per heavy atom. The maximum atomic E-state index is 11.9. The lowest BCUT2D eigenvalue weighted by Crippen LogP contribution is -2.36. The number of carbonyl (C=O) groups excluding carboxylic acids is 2. The Morgan fingerprint density at radius 3 is 2.36 bits per heavy atom. The summed E-state index contributed by atoms with van der Waals surface area (Å²) in [5, 5.41) is 10.6. The van der Waals surface area contributed by atoms with Crippen molar-refractivity contribution >= 4 is 23.6 Å². The fraction of sp³-hybridized carbons (Fsp3) is 0.312. The number of ether oxygens (including phenoxy) is 1. The van der Waals surface area contributed by atoms with Crippen LogP contribution in [0.3, 0.4) is 0 Å². The van der Waals surface area contributed by atoms with Crippen LogP contribution < -0.4 is 10.2 Å². The van der Waals surface area contributed by atoms with Crippen molar-refractivity contribution in [2.24, 2.45) is 0 Å². The van der Waals surface area contributed by atoms with Crippen molar-refractivity contribution < 1.29 is 27.5 Å². The molecule has 134 valence electrons. The van der Waals surface area contributed by atoms with Gasteiger partial charge >= 0.3 is 12.1 Å². The number of nitriles is 1. The summed E-state index contributed by atoms with van der Waals surface area (Å²) in [5.41, 5.74) is 1.10. The number of halogens is 3. The fourth-order valence-corrected chi connectivity index (χ4v) is 1.63. The first-order valence-corrected chi connectivity index (χ1v) is 7.02. The third-order valence-corrected chi connectivity index (χ3v) is 2.88. The minimum atomic E-state index is -4.56. The average molecular weight is 355 g/mol. The summed E-state index contributed by atoms with van der Waals surface area (Å²) in [5.74, 6) is -2.21. The van der Waals surface area contributed by atoms with Gasteiger partial charge in [-0.25, -0.2) is 4.79 Å². The molecule has 0 aliphatic carbocycles. The molecule has 0 bridgehead atoms. The molecule has 0 aromatic heterocycles. The zero-order valence-electron chi connectivity index (χ0n) is 13.6. The first-order valence-electron chi connectivity index (χ1n) is 7.02. The molecule has 6 nitrogen and oxygen atoms in total. The van der Waals surface area contributed by atoms with Crippen LogP contribution in [0.2, 0.25) is 0 Å². The highest BCUT2D eigenvalue weighted by Crippen LogP contribution is 2.15. The Hall–Kier alpha value is -3.02. The van der Waals surface area contributed by atoms with Crippen molar-refractivity contribution in [2.75, 3.05) is 32.1 Å². The molecule has 0 saturated heterocycles. The van der Waals surface area contributed by atoms with Gasteiger partial charge in [-0.3, -0.25) is 4.79 Å². The van der Waals surface area contributed by atoms with E-state index in [1.165, 1.54) is 6.08 Å². The van der Waals surface area contributed by atoms with E-state index in [9.17, 15) is 22.8 Å². The van der Waals surface area contributed by atoms with Crippen LogP contribution in [0.1, 0.15) is 5.56 Å². The minimum Gasteiger partial charge on any atom is -0.451 e. The number of alkyl halides is 3. The van der Waals surface area contributed by atoms with E-state index in [-0.39, 0.29) is 5.57 Å². The molecule has 1 rings (SSSR count). The maximum absolute atomic E-state index is 11.9. The molecule has 0 atom stereocenters. The number of hydrogen-bond acceptors (Lipinski definition) is 5. The lowest BCUT2D eigenvalue weighted by Gasteiger charge is -2.12. The number of hydrogen-bond donors (Lipinski definition) is 1. The third-order valence-electron chi connectivity index (χ3n) is 2.88. The number of nitrogens with one attached hydrogen (secondary N) is 1. The van der Waals surface area contributed by atoms with E-state index in [0.29, 0.717) is 5.56 Å². The van der Waals surface area contributed by atoms with E-state index in [1.807, 2.05) is 19.0 Å². The molecule has 0 aliphatic rings. The lowest BCUT2D eigenvalue weighted by atomic mass is 10.1. The normalized spacial score (nSPS) is 11.4. The van der Waals surface area contributed by atoms with Gasteiger partial charge in [-0.05, 0) is 23.8 Å². The second kappa shape index (κ2) is 8.73. The highest BCUT2D eigenvalue weighted by atomic mass is 19.4. The molecule has 0 fully saturated rings. The molecule has 25 heavy (non-hydrogen) atoms. The molecule has 0 unspecified atom stereocenters. The van der Waals surface area contributed by atoms with Crippen molar-refractivity contribution in [3.05, 3.63) is 35.4 Å². The molecule has 0 saturated carbocycles. The van der Waals surface area contributed by atoms with E-state index in [2.05, 4.69) is 4.74 Å². The van der Waals surface area contributed by atoms with E-state index < -0.39 is 31.2 Å². The predicted molar refractivity (Wildman–Crippen MR) is 84.4 cm³/mol. The highest BCUT2D eigenvalue weighted by molar-refractivity contribution is 5.98. The summed E-state index contributed by atoms with van der Waals surface area (Å²) in [7, 11) is 3.71. The van der Waals surface area contributed by atoms with Gasteiger partial charge in [0.25, 0.3) is 5.91 Å². The standard InChI is InChI=1S/C16H16F3N3O3/c1-22(2)13-5-3-11(4-6-13)7-12(8-20)15(24)25-9-14(23)21-10-16(17,18)19/h3-7H,9-10H2,1-2H3,(H,21,23). The molecule has 0 aliphatic heterocycles. The predicted octanol–water partition coefficient (Wildman–Crippen LogP) is 1.88. The zero-order valence-corrected chi connectivity index (χ0v) is 13.6. The summed E-state index contributed by atoms with van der Waals surface area (Å²) in [4.78, 5) is 24.8. The van der Waals surface area contributed by atoms with Crippen LogP contribution in [0.25, 0.3) is 6.08 Å². The molecule has 1 N–H and O–H groups in total. The van der Waals surface area contributed by atoms with Gasteiger partial charge in [-0.2, -0.15) is 18.4 Å². The van der Waals surface area contributed by atoms with Crippen LogP contribution in [-0.4, -0.2) is 45.3 Å². The zero-order chi connectivity index (χ0) is 19.0. The molecule has 9 heteroatoms. The Bertz CT molecular complexity index is 689. The van der Waals surface area contributed by atoms with Crippen molar-refractivity contribution in [1.82, 2.24) is 5.32 Å². The van der Waals surface area contributed by atoms with E-state index >= 15 is 0 Å². The molecule has 0 radical (unpaired) electrons. The monoisotopic (exact) mass is 355 g/mol. The third kappa shape index (κ3) is 7.39. The molecular formula is C16H16F3N3O3. The number of esters is 1. The number of amides is 1. The molecule has 0 spiro atoms. The second-order valence-electron chi connectivity index (χ2n) is 5.12. The minimum absolute atomic E-state index is 0.374. The van der Waals surface area contributed by atoms with Gasteiger partial charge < -0.3 is 15.0 Å². The number of anilines is 1. The first-order chi connectivity index (χ1) is 11.6. The van der Waals surface area contributed by atoms with Gasteiger partial charge in [0, 0.05) is 19.8 Å². The van der Waals surface area contributed by atoms with Crippen molar-refractivity contribution in [3.63, 3.8) is 0 Å². The smallest absolute Gasteiger partial charge is 0.405 e. The lowest BCUT2D eigenvalue weighted by molar-refractivity contribution is -0.148. The first kappa shape index (κ1) is 20.0. The Balaban J connectivity index is 2.65. The van der Waals surface area contributed by atoms with Crippen LogP contribution in [0.5, 0.6) is 0 Å². The summed E-state index contributed by atoms with van der Waals surface area (Å²) in [6.07, 6.45) is -3.30. The topological polar surface area (TPSA) is 82.4 Å². The number of rotatable bonds is 6. The highest BCUT2D eigenvalue weighted by Gasteiger charge is 2.27. The van der Waals surface area contributed by atoms with Gasteiger partial charge in [0.15, 0.2) is 6.61 Å². The quantitative estimate of drug-likeness (QED) is 0.479. The Labute approximate surface area is 142 Å². The Kier molecular flexibility index (Phi) is 6.99. The Morgan fingerprint density at radius 2 is 1.88 bits per heavy atom. The van der Waals surface area contributed by atoms with Gasteiger partial charge in [-0.15, -0.1) is 0 Å². The largest absolute Gasteiger partial charge is 0.451 e. The molecule has 1 aromatic carbocycles. The van der Waals surface area contributed by atoms with E-state index in [0.717, 1.165) is 5.69 Å². The second-order valence-corrected chi connectivity index (χ2v) is 5.12. The molecule has 1 amide bonds. The number of carbonyl (C=O) groups is 2. The van der Waals surface area contributed by atoms with Crippen LogP contribution in [0.4, 0.5) is 18.9 Å². The van der Waals surface area contributed by atoms with Crippen LogP contribution in [0.15, 0.2) is 29.8 Å². The van der Waals surface area contributed by atoms with Gasteiger partial charge in [0.05, 0.1) is 0 Å². The molecule has 0 heterocycles. The van der Waals surface area contributed by atoms with Gasteiger partial charge in [-0.1, -0.05) is 12.1 Å². The molecule has 1 aromatic rings. The SMILES string of the molecule is CN(C)c1ccc(C=C(C#N)C(=O)OCC(=O)NCC(F)(F)F)cc1. The number of benzene rings is 1. The van der Waals surface area contributed by atoms with Gasteiger partial charge in [0.2, 0.25) is 0 Å². The fourth-order valence-electron chi connectivity index (χ4n) is 1.63. The average Bonchev–Trinajstić information content (AvgIpc) is 2.55. The maximum Gasteiger partial charge on any atom is 0.405 e. The summed E-state index contributed by atoms with van der Waals surface area (Å²) in [6.45, 7) is -2.43. The molecular weight excluding hydrogens is 339 g/mol. The van der Waals surface area contributed by atoms with Crippen LogP contribution >= 0.6 is 0 Å². The number of nitrogens with zero attached hydrogens (tertiary/aromatic N) is 2. The van der Waals surface area contributed by atoms with E-state index in [4.69, 9.17) is 5.26 Å². The van der Waals surface area contributed by atoms with E-state index in [1.54, 1.807) is 35.7 Å². The van der Waals surface area contributed by atoms with Crippen LogP contribution in [0, 0.1) is 11.3 Å². The van der Waals surface area contributed by atoms with Gasteiger partial charge in [0.1, 0.15) is 18.2 Å². The summed E-state index contributed by atoms with van der Waals surface area (Å²) in [6, 6.07) is 8.53. The summed E-state index contributed by atoms with van der Waals surface area (Å²) >= 11 is 0. The van der Waals surface area contributed by atoms with Crippen molar-refractivity contribution in [1.29, 1.82) is 5.26 Å².